The first-order valence-corrected chi connectivity index (χ1v) is 6.09. The maximum Gasteiger partial charge on any atom is 0.133 e. The van der Waals surface area contributed by atoms with E-state index in [1.54, 1.807) is 0 Å². The van der Waals surface area contributed by atoms with Gasteiger partial charge in [0.2, 0.25) is 0 Å². The number of piperazine rings is 1. The molecule has 1 aromatic rings. The van der Waals surface area contributed by atoms with Gasteiger partial charge in [0.1, 0.15) is 17.5 Å². The Kier molecular flexibility index (Phi) is 4.40. The molecule has 1 aliphatic rings. The van der Waals surface area contributed by atoms with Crippen LogP contribution in [-0.2, 0) is 0 Å². The van der Waals surface area contributed by atoms with Crippen LogP contribution in [0.1, 0.15) is 18.0 Å². The lowest BCUT2D eigenvalue weighted by atomic mass is 10.00. The monoisotopic (exact) mass is 269 g/mol. The lowest BCUT2D eigenvalue weighted by molar-refractivity contribution is 0.169. The van der Waals surface area contributed by atoms with E-state index in [9.17, 15) is 13.2 Å². The predicted molar refractivity (Wildman–Crippen MR) is 63.7 cm³/mol. The summed E-state index contributed by atoms with van der Waals surface area (Å²) in [6.07, 6.45) is -0.0283. The molecule has 1 fully saturated rings. The topological polar surface area (TPSA) is 39.1 Å². The molecule has 0 bridgehead atoms. The number of nitrogens with zero attached hydrogens (tertiary/aromatic N) is 2. The van der Waals surface area contributed by atoms with E-state index in [0.29, 0.717) is 38.3 Å². The van der Waals surface area contributed by atoms with Crippen molar-refractivity contribution in [2.45, 2.75) is 12.5 Å². The summed E-state index contributed by atoms with van der Waals surface area (Å²) in [6, 6.07) is 2.59. The van der Waals surface area contributed by atoms with Crippen LogP contribution in [-0.4, -0.2) is 31.1 Å². The number of rotatable bonds is 3. The Labute approximate surface area is 109 Å². The predicted octanol–water partition coefficient (Wildman–Crippen LogP) is 1.96. The van der Waals surface area contributed by atoms with Gasteiger partial charge < -0.3 is 5.32 Å². The Bertz CT molecular complexity index is 469. The van der Waals surface area contributed by atoms with E-state index in [1.807, 2.05) is 11.0 Å². The molecule has 0 aromatic heterocycles. The third-order valence-corrected chi connectivity index (χ3v) is 3.25. The van der Waals surface area contributed by atoms with Crippen LogP contribution in [0, 0.1) is 28.8 Å². The third kappa shape index (κ3) is 3.06. The van der Waals surface area contributed by atoms with Crippen molar-refractivity contribution in [1.82, 2.24) is 10.2 Å². The summed E-state index contributed by atoms with van der Waals surface area (Å²) in [4.78, 5) is 1.85. The molecule has 0 radical (unpaired) electrons. The third-order valence-electron chi connectivity index (χ3n) is 3.25. The van der Waals surface area contributed by atoms with Crippen molar-refractivity contribution in [2.75, 3.05) is 26.2 Å². The van der Waals surface area contributed by atoms with Gasteiger partial charge in [-0.1, -0.05) is 0 Å². The summed E-state index contributed by atoms with van der Waals surface area (Å²) in [5.41, 5.74) is -0.218. The molecule has 6 heteroatoms. The molecular weight excluding hydrogens is 255 g/mol. The van der Waals surface area contributed by atoms with E-state index >= 15 is 0 Å². The summed E-state index contributed by atoms with van der Waals surface area (Å²) < 4.78 is 40.5. The zero-order valence-corrected chi connectivity index (χ0v) is 10.3. The van der Waals surface area contributed by atoms with Crippen molar-refractivity contribution in [1.29, 1.82) is 5.26 Å². The van der Waals surface area contributed by atoms with E-state index in [1.165, 1.54) is 0 Å². The van der Waals surface area contributed by atoms with Gasteiger partial charge in [0, 0.05) is 43.9 Å². The highest BCUT2D eigenvalue weighted by Gasteiger charge is 2.27. The minimum Gasteiger partial charge on any atom is -0.314 e. The smallest absolute Gasteiger partial charge is 0.133 e. The number of nitrogens with one attached hydrogen (secondary N) is 1. The van der Waals surface area contributed by atoms with Crippen molar-refractivity contribution in [3.8, 4) is 6.07 Å². The number of hydrogen-bond acceptors (Lipinski definition) is 3. The van der Waals surface area contributed by atoms with Gasteiger partial charge in [-0.05, 0) is 0 Å². The lowest BCUT2D eigenvalue weighted by Gasteiger charge is -2.34. The Morgan fingerprint density at radius 1 is 1.21 bits per heavy atom. The normalized spacial score (nSPS) is 18.0. The molecule has 1 N–H and O–H groups in total. The molecule has 3 nitrogen and oxygen atoms in total. The molecule has 19 heavy (non-hydrogen) atoms. The van der Waals surface area contributed by atoms with Crippen molar-refractivity contribution in [3.63, 3.8) is 0 Å². The van der Waals surface area contributed by atoms with E-state index < -0.39 is 23.5 Å². The van der Waals surface area contributed by atoms with Crippen LogP contribution in [0.2, 0.25) is 0 Å². The largest absolute Gasteiger partial charge is 0.314 e. The summed E-state index contributed by atoms with van der Waals surface area (Å²) >= 11 is 0. The Hall–Kier alpha value is -1.58. The highest BCUT2D eigenvalue weighted by Crippen LogP contribution is 2.29. The summed E-state index contributed by atoms with van der Waals surface area (Å²) in [5.74, 6) is -2.82. The lowest BCUT2D eigenvalue weighted by Crippen LogP contribution is -2.45. The summed E-state index contributed by atoms with van der Waals surface area (Å²) in [7, 11) is 0. The number of nitriles is 1. The molecule has 0 spiro atoms. The first kappa shape index (κ1) is 13.8. The molecule has 0 amide bonds. The fourth-order valence-corrected chi connectivity index (χ4v) is 2.37. The molecule has 102 valence electrons. The first-order chi connectivity index (χ1) is 9.13. The van der Waals surface area contributed by atoms with Gasteiger partial charge in [0.25, 0.3) is 0 Å². The average Bonchev–Trinajstić information content (AvgIpc) is 2.37. The van der Waals surface area contributed by atoms with Crippen LogP contribution >= 0.6 is 0 Å². The van der Waals surface area contributed by atoms with E-state index in [-0.39, 0.29) is 12.0 Å². The van der Waals surface area contributed by atoms with Gasteiger partial charge in [0.05, 0.1) is 18.5 Å². The number of benzene rings is 1. The van der Waals surface area contributed by atoms with Crippen LogP contribution in [0.5, 0.6) is 0 Å². The van der Waals surface area contributed by atoms with E-state index in [0.717, 1.165) is 0 Å². The second-order valence-electron chi connectivity index (χ2n) is 4.45. The fourth-order valence-electron chi connectivity index (χ4n) is 2.37. The number of hydrogen-bond donors (Lipinski definition) is 1. The molecule has 1 heterocycles. The average molecular weight is 269 g/mol. The molecule has 0 unspecified atom stereocenters. The molecule has 1 saturated heterocycles. The Morgan fingerprint density at radius 2 is 1.79 bits per heavy atom. The molecule has 1 aromatic carbocycles. The quantitative estimate of drug-likeness (QED) is 0.911. The van der Waals surface area contributed by atoms with Gasteiger partial charge in [-0.25, -0.2) is 13.2 Å². The maximum atomic E-state index is 13.8. The maximum absolute atomic E-state index is 13.8. The van der Waals surface area contributed by atoms with Gasteiger partial charge >= 0.3 is 0 Å². The minimum absolute atomic E-state index is 0.0283. The second kappa shape index (κ2) is 6.04. The van der Waals surface area contributed by atoms with Gasteiger partial charge in [-0.15, -0.1) is 0 Å². The van der Waals surface area contributed by atoms with Crippen LogP contribution in [0.25, 0.3) is 0 Å². The van der Waals surface area contributed by atoms with Crippen LogP contribution in [0.4, 0.5) is 13.2 Å². The standard InChI is InChI=1S/C13H14F3N3/c14-9-7-10(15)13(11(16)8-9)12(1-2-17)19-5-3-18-4-6-19/h7-8,12,18H,1,3-6H2/t12-/m0/s1. The molecular formula is C13H14F3N3. The van der Waals surface area contributed by atoms with Gasteiger partial charge in [-0.2, -0.15) is 5.26 Å². The highest BCUT2D eigenvalue weighted by molar-refractivity contribution is 5.25. The molecule has 0 aliphatic carbocycles. The molecule has 1 atom stereocenters. The first-order valence-electron chi connectivity index (χ1n) is 6.09. The molecule has 0 saturated carbocycles. The van der Waals surface area contributed by atoms with Crippen LogP contribution < -0.4 is 5.32 Å². The van der Waals surface area contributed by atoms with Crippen molar-refractivity contribution >= 4 is 0 Å². The summed E-state index contributed by atoms with van der Waals surface area (Å²) in [5, 5.41) is 12.0. The fraction of sp³-hybridized carbons (Fsp3) is 0.462. The van der Waals surface area contributed by atoms with Crippen molar-refractivity contribution in [2.24, 2.45) is 0 Å². The van der Waals surface area contributed by atoms with E-state index in [2.05, 4.69) is 5.32 Å². The van der Waals surface area contributed by atoms with Crippen LogP contribution in [0.3, 0.4) is 0 Å². The SMILES string of the molecule is N#CC[C@@H](c1c(F)cc(F)cc1F)N1CCNCC1. The number of halogens is 3. The zero-order valence-electron chi connectivity index (χ0n) is 10.3. The Morgan fingerprint density at radius 3 is 2.32 bits per heavy atom. The van der Waals surface area contributed by atoms with Gasteiger partial charge in [0.15, 0.2) is 0 Å². The highest BCUT2D eigenvalue weighted by atomic mass is 19.1. The van der Waals surface area contributed by atoms with Crippen molar-refractivity contribution in [3.05, 3.63) is 35.1 Å². The van der Waals surface area contributed by atoms with Gasteiger partial charge in [-0.3, -0.25) is 4.90 Å². The molecule has 2 rings (SSSR count). The molecule has 1 aliphatic heterocycles. The van der Waals surface area contributed by atoms with E-state index in [4.69, 9.17) is 5.26 Å². The Balaban J connectivity index is 2.36. The zero-order chi connectivity index (χ0) is 13.8. The van der Waals surface area contributed by atoms with Crippen molar-refractivity contribution < 1.29 is 13.2 Å². The second-order valence-corrected chi connectivity index (χ2v) is 4.45. The minimum atomic E-state index is -0.949. The summed E-state index contributed by atoms with van der Waals surface area (Å²) in [6.45, 7) is 2.60. The van der Waals surface area contributed by atoms with Crippen LogP contribution in [0.15, 0.2) is 12.1 Å².